The Morgan fingerprint density at radius 2 is 1.95 bits per heavy atom. The maximum atomic E-state index is 3.92. The van der Waals surface area contributed by atoms with E-state index >= 15 is 0 Å². The standard InChI is InChI=1S/C18H26N2/c1-2-7-17-14(4-1)5-3-6-16(17)12-19-18-13-20-10-8-15(18)9-11-20/h1-2,4,7,15-16,18-19H,3,5-6,8-13H2/t16?,18-/m1/s1. The van der Waals surface area contributed by atoms with Crippen LogP contribution >= 0.6 is 0 Å². The van der Waals surface area contributed by atoms with Crippen LogP contribution in [0.15, 0.2) is 24.3 Å². The van der Waals surface area contributed by atoms with Crippen molar-refractivity contribution in [3.8, 4) is 0 Å². The minimum atomic E-state index is 0.746. The Kier molecular flexibility index (Phi) is 3.53. The lowest BCUT2D eigenvalue weighted by molar-refractivity contribution is 0.0718. The van der Waals surface area contributed by atoms with Gasteiger partial charge in [-0.15, -0.1) is 0 Å². The van der Waals surface area contributed by atoms with Gasteiger partial charge in [0.2, 0.25) is 0 Å². The smallest absolute Gasteiger partial charge is 0.0224 e. The topological polar surface area (TPSA) is 15.3 Å². The first kappa shape index (κ1) is 12.8. The second kappa shape index (κ2) is 5.50. The molecule has 1 unspecified atom stereocenters. The van der Waals surface area contributed by atoms with Crippen LogP contribution < -0.4 is 5.32 Å². The molecular formula is C18H26N2. The lowest BCUT2D eigenvalue weighted by Gasteiger charge is -2.45. The maximum absolute atomic E-state index is 3.92. The van der Waals surface area contributed by atoms with Crippen LogP contribution in [0.1, 0.15) is 42.7 Å². The van der Waals surface area contributed by atoms with E-state index in [0.717, 1.165) is 17.9 Å². The Morgan fingerprint density at radius 3 is 2.75 bits per heavy atom. The summed E-state index contributed by atoms with van der Waals surface area (Å²) in [7, 11) is 0. The fraction of sp³-hybridized carbons (Fsp3) is 0.667. The highest BCUT2D eigenvalue weighted by Gasteiger charge is 2.34. The highest BCUT2D eigenvalue weighted by Crippen LogP contribution is 2.32. The zero-order valence-corrected chi connectivity index (χ0v) is 12.4. The summed E-state index contributed by atoms with van der Waals surface area (Å²) in [4.78, 5) is 2.65. The molecule has 1 aromatic rings. The summed E-state index contributed by atoms with van der Waals surface area (Å²) in [6, 6.07) is 9.85. The van der Waals surface area contributed by atoms with Crippen molar-refractivity contribution >= 4 is 0 Å². The summed E-state index contributed by atoms with van der Waals surface area (Å²) in [6.45, 7) is 5.16. The molecule has 0 aromatic heterocycles. The molecule has 2 heteroatoms. The molecule has 4 aliphatic rings. The molecule has 0 radical (unpaired) electrons. The van der Waals surface area contributed by atoms with Gasteiger partial charge in [-0.3, -0.25) is 0 Å². The van der Waals surface area contributed by atoms with E-state index in [4.69, 9.17) is 0 Å². The Bertz CT molecular complexity index is 462. The highest BCUT2D eigenvalue weighted by molar-refractivity contribution is 5.32. The number of benzene rings is 1. The number of hydrogen-bond donors (Lipinski definition) is 1. The van der Waals surface area contributed by atoms with Crippen molar-refractivity contribution in [2.75, 3.05) is 26.2 Å². The van der Waals surface area contributed by atoms with Crippen LogP contribution in [0.25, 0.3) is 0 Å². The lowest BCUT2D eigenvalue weighted by atomic mass is 9.81. The number of nitrogens with one attached hydrogen (secondary N) is 1. The minimum absolute atomic E-state index is 0.746. The molecule has 0 amide bonds. The summed E-state index contributed by atoms with van der Waals surface area (Å²) in [5.41, 5.74) is 3.21. The molecule has 3 aliphatic heterocycles. The Morgan fingerprint density at radius 1 is 1.10 bits per heavy atom. The normalized spacial score (nSPS) is 35.8. The number of aryl methyl sites for hydroxylation is 1. The van der Waals surface area contributed by atoms with E-state index in [-0.39, 0.29) is 0 Å². The van der Waals surface area contributed by atoms with Gasteiger partial charge in [0.15, 0.2) is 0 Å². The van der Waals surface area contributed by atoms with Crippen LogP contribution in [-0.4, -0.2) is 37.1 Å². The molecule has 3 fully saturated rings. The van der Waals surface area contributed by atoms with E-state index in [1.165, 1.54) is 58.3 Å². The van der Waals surface area contributed by atoms with Crippen LogP contribution in [0.2, 0.25) is 0 Å². The van der Waals surface area contributed by atoms with E-state index in [2.05, 4.69) is 34.5 Å². The number of rotatable bonds is 3. The molecule has 1 aliphatic carbocycles. The van der Waals surface area contributed by atoms with Crippen LogP contribution in [0.4, 0.5) is 0 Å². The van der Waals surface area contributed by atoms with Gasteiger partial charge in [0.05, 0.1) is 0 Å². The molecule has 0 saturated carbocycles. The first-order chi connectivity index (χ1) is 9.90. The van der Waals surface area contributed by atoms with Crippen molar-refractivity contribution in [2.24, 2.45) is 5.92 Å². The summed E-state index contributed by atoms with van der Waals surface area (Å²) in [5, 5.41) is 3.92. The molecule has 3 saturated heterocycles. The quantitative estimate of drug-likeness (QED) is 0.908. The summed E-state index contributed by atoms with van der Waals surface area (Å²) in [5.74, 6) is 1.69. The zero-order chi connectivity index (χ0) is 13.4. The fourth-order valence-electron chi connectivity index (χ4n) is 4.56. The fourth-order valence-corrected chi connectivity index (χ4v) is 4.56. The zero-order valence-electron chi connectivity index (χ0n) is 12.4. The molecule has 108 valence electrons. The van der Waals surface area contributed by atoms with E-state index in [0.29, 0.717) is 0 Å². The van der Waals surface area contributed by atoms with E-state index in [1.54, 1.807) is 11.1 Å². The van der Waals surface area contributed by atoms with Gasteiger partial charge < -0.3 is 10.2 Å². The van der Waals surface area contributed by atoms with Crippen LogP contribution in [-0.2, 0) is 6.42 Å². The third-order valence-corrected chi connectivity index (χ3v) is 5.78. The first-order valence-electron chi connectivity index (χ1n) is 8.44. The van der Waals surface area contributed by atoms with Gasteiger partial charge in [-0.1, -0.05) is 24.3 Å². The maximum Gasteiger partial charge on any atom is 0.0224 e. The predicted molar refractivity (Wildman–Crippen MR) is 83.1 cm³/mol. The van der Waals surface area contributed by atoms with Crippen LogP contribution in [0.3, 0.4) is 0 Å². The van der Waals surface area contributed by atoms with Crippen molar-refractivity contribution in [1.82, 2.24) is 10.2 Å². The highest BCUT2D eigenvalue weighted by atomic mass is 15.2. The SMILES string of the molecule is c1ccc2c(c1)CCCC2CN[C@@H]1CN2CCC1CC2. The Balaban J connectivity index is 1.41. The average Bonchev–Trinajstić information content (AvgIpc) is 2.54. The van der Waals surface area contributed by atoms with Gasteiger partial charge in [-0.05, 0) is 68.2 Å². The van der Waals surface area contributed by atoms with Crippen molar-refractivity contribution in [1.29, 1.82) is 0 Å². The molecule has 20 heavy (non-hydrogen) atoms. The lowest BCUT2D eigenvalue weighted by Crippen LogP contribution is -2.56. The third-order valence-electron chi connectivity index (χ3n) is 5.78. The summed E-state index contributed by atoms with van der Waals surface area (Å²) < 4.78 is 0. The molecule has 3 heterocycles. The number of piperidine rings is 3. The minimum Gasteiger partial charge on any atom is -0.312 e. The Hall–Kier alpha value is -0.860. The summed E-state index contributed by atoms with van der Waals surface area (Å²) >= 11 is 0. The van der Waals surface area contributed by atoms with Gasteiger partial charge >= 0.3 is 0 Å². The van der Waals surface area contributed by atoms with Crippen molar-refractivity contribution < 1.29 is 0 Å². The molecular weight excluding hydrogens is 244 g/mol. The average molecular weight is 270 g/mol. The first-order valence-corrected chi connectivity index (χ1v) is 8.44. The number of nitrogens with zero attached hydrogens (tertiary/aromatic N) is 1. The van der Waals surface area contributed by atoms with E-state index < -0.39 is 0 Å². The number of fused-ring (bicyclic) bond motifs is 4. The monoisotopic (exact) mass is 270 g/mol. The van der Waals surface area contributed by atoms with Crippen molar-refractivity contribution in [2.45, 2.75) is 44.1 Å². The van der Waals surface area contributed by atoms with Crippen molar-refractivity contribution in [3.63, 3.8) is 0 Å². The molecule has 0 spiro atoms. The van der Waals surface area contributed by atoms with Gasteiger partial charge in [-0.25, -0.2) is 0 Å². The molecule has 1 N–H and O–H groups in total. The molecule has 5 rings (SSSR count). The molecule has 2 atom stereocenters. The molecule has 2 nitrogen and oxygen atoms in total. The van der Waals surface area contributed by atoms with Crippen molar-refractivity contribution in [3.05, 3.63) is 35.4 Å². The van der Waals surface area contributed by atoms with Gasteiger partial charge in [0.1, 0.15) is 0 Å². The van der Waals surface area contributed by atoms with E-state index in [1.807, 2.05) is 0 Å². The Labute approximate surface area is 122 Å². The predicted octanol–water partition coefficient (Wildman–Crippen LogP) is 2.79. The van der Waals surface area contributed by atoms with Gasteiger partial charge in [0, 0.05) is 19.1 Å². The second-order valence-electron chi connectivity index (χ2n) is 6.94. The third kappa shape index (κ3) is 2.40. The molecule has 1 aromatic carbocycles. The van der Waals surface area contributed by atoms with E-state index in [9.17, 15) is 0 Å². The van der Waals surface area contributed by atoms with Gasteiger partial charge in [0.25, 0.3) is 0 Å². The summed E-state index contributed by atoms with van der Waals surface area (Å²) in [6.07, 6.45) is 6.85. The number of hydrogen-bond acceptors (Lipinski definition) is 2. The second-order valence-corrected chi connectivity index (χ2v) is 6.94. The van der Waals surface area contributed by atoms with Crippen LogP contribution in [0.5, 0.6) is 0 Å². The largest absolute Gasteiger partial charge is 0.312 e. The van der Waals surface area contributed by atoms with Crippen LogP contribution in [0, 0.1) is 5.92 Å². The van der Waals surface area contributed by atoms with Gasteiger partial charge in [-0.2, -0.15) is 0 Å². The molecule has 2 bridgehead atoms.